The molecule has 27 heavy (non-hydrogen) atoms. The molecule has 2 heterocycles. The molecule has 0 N–H and O–H groups in total. The molecule has 2 aromatic carbocycles. The Labute approximate surface area is 162 Å². The maximum Gasteiger partial charge on any atom is 0.351 e. The average Bonchev–Trinajstić information content (AvgIpc) is 2.99. The maximum atomic E-state index is 12.9. The van der Waals surface area contributed by atoms with E-state index in [1.807, 2.05) is 32.2 Å². The zero-order valence-electron chi connectivity index (χ0n) is 16.1. The van der Waals surface area contributed by atoms with Crippen molar-refractivity contribution in [2.75, 3.05) is 18.0 Å². The first-order valence-electron chi connectivity index (χ1n) is 9.25. The molecule has 0 aliphatic heterocycles. The lowest BCUT2D eigenvalue weighted by Crippen LogP contribution is -2.30. The molecule has 0 bridgehead atoms. The number of thiazole rings is 1. The van der Waals surface area contributed by atoms with Gasteiger partial charge in [-0.05, 0) is 44.5 Å². The normalized spacial score (nSPS) is 11.4. The molecule has 4 aromatic rings. The summed E-state index contributed by atoms with van der Waals surface area (Å²) in [6.45, 7) is 8.09. The number of fused-ring (bicyclic) bond motifs is 2. The van der Waals surface area contributed by atoms with Gasteiger partial charge in [0.05, 0.1) is 0 Å². The van der Waals surface area contributed by atoms with Crippen LogP contribution in [0.3, 0.4) is 0 Å². The van der Waals surface area contributed by atoms with Gasteiger partial charge in [-0.2, -0.15) is 4.57 Å². The van der Waals surface area contributed by atoms with Gasteiger partial charge in [-0.1, -0.05) is 23.5 Å². The van der Waals surface area contributed by atoms with E-state index in [4.69, 9.17) is 4.42 Å². The van der Waals surface area contributed by atoms with E-state index >= 15 is 0 Å². The predicted molar refractivity (Wildman–Crippen MR) is 113 cm³/mol. The van der Waals surface area contributed by atoms with Gasteiger partial charge in [0.1, 0.15) is 22.9 Å². The molecule has 138 valence electrons. The highest BCUT2D eigenvalue weighted by Gasteiger charge is 2.25. The monoisotopic (exact) mass is 379 g/mol. The van der Waals surface area contributed by atoms with Crippen LogP contribution in [0.15, 0.2) is 51.7 Å². The summed E-state index contributed by atoms with van der Waals surface area (Å²) in [5, 5.41) is 1.91. The van der Waals surface area contributed by atoms with Crippen LogP contribution in [-0.4, -0.2) is 13.1 Å². The van der Waals surface area contributed by atoms with Crippen LogP contribution < -0.4 is 15.1 Å². The number of benzene rings is 2. The number of hydrogen-bond acceptors (Lipinski definition) is 4. The third-order valence-corrected chi connectivity index (χ3v) is 6.47. The zero-order chi connectivity index (χ0) is 19.1. The van der Waals surface area contributed by atoms with Gasteiger partial charge in [-0.3, -0.25) is 0 Å². The minimum absolute atomic E-state index is 0.279. The van der Waals surface area contributed by atoms with E-state index in [2.05, 4.69) is 47.6 Å². The van der Waals surface area contributed by atoms with Crippen LogP contribution in [0.1, 0.15) is 19.4 Å². The van der Waals surface area contributed by atoms with Crippen LogP contribution in [0.5, 0.6) is 0 Å². The number of rotatable bonds is 4. The molecule has 0 unspecified atom stereocenters. The molecular weight excluding hydrogens is 356 g/mol. The molecule has 0 spiro atoms. The lowest BCUT2D eigenvalue weighted by Gasteiger charge is -2.21. The van der Waals surface area contributed by atoms with E-state index in [1.165, 1.54) is 0 Å². The quantitative estimate of drug-likeness (QED) is 0.382. The number of aromatic nitrogens is 1. The van der Waals surface area contributed by atoms with Crippen molar-refractivity contribution in [1.82, 2.24) is 0 Å². The van der Waals surface area contributed by atoms with E-state index in [0.29, 0.717) is 11.1 Å². The first kappa shape index (κ1) is 17.7. The molecule has 0 fully saturated rings. The number of para-hydroxylation sites is 1. The summed E-state index contributed by atoms with van der Waals surface area (Å²) in [6.07, 6.45) is 0. The Morgan fingerprint density at radius 2 is 1.85 bits per heavy atom. The number of anilines is 1. The first-order valence-corrected chi connectivity index (χ1v) is 10.1. The van der Waals surface area contributed by atoms with Gasteiger partial charge < -0.3 is 9.32 Å². The topological polar surface area (TPSA) is 37.3 Å². The SMILES string of the molecule is CCN(CC)c1ccc2c(C)c(-c3sc4ccccc4[n+]3C)c(=O)oc2c1. The Balaban J connectivity index is 1.95. The van der Waals surface area contributed by atoms with Crippen LogP contribution in [0.4, 0.5) is 5.69 Å². The molecule has 0 saturated heterocycles. The van der Waals surface area contributed by atoms with Crippen LogP contribution in [0.2, 0.25) is 0 Å². The maximum absolute atomic E-state index is 12.9. The molecule has 2 aromatic heterocycles. The minimum Gasteiger partial charge on any atom is -0.422 e. The fourth-order valence-corrected chi connectivity index (χ4v) is 4.94. The largest absolute Gasteiger partial charge is 0.422 e. The van der Waals surface area contributed by atoms with Crippen LogP contribution in [-0.2, 0) is 7.05 Å². The molecule has 5 heteroatoms. The van der Waals surface area contributed by atoms with Gasteiger partial charge >= 0.3 is 5.63 Å². The van der Waals surface area contributed by atoms with Gasteiger partial charge in [0.25, 0.3) is 5.01 Å². The second kappa shape index (κ2) is 6.82. The summed E-state index contributed by atoms with van der Waals surface area (Å²) < 4.78 is 9.01. The van der Waals surface area contributed by atoms with Crippen molar-refractivity contribution >= 4 is 38.2 Å². The summed E-state index contributed by atoms with van der Waals surface area (Å²) in [5.74, 6) is 0. The smallest absolute Gasteiger partial charge is 0.351 e. The number of hydrogen-bond donors (Lipinski definition) is 0. The van der Waals surface area contributed by atoms with Gasteiger partial charge in [0.2, 0.25) is 5.52 Å². The third-order valence-electron chi connectivity index (χ3n) is 5.23. The summed E-state index contributed by atoms with van der Waals surface area (Å²) in [6, 6.07) is 14.3. The molecule has 4 nitrogen and oxygen atoms in total. The highest BCUT2D eigenvalue weighted by atomic mass is 32.1. The summed E-state index contributed by atoms with van der Waals surface area (Å²) in [7, 11) is 2.00. The van der Waals surface area contributed by atoms with Crippen molar-refractivity contribution in [1.29, 1.82) is 0 Å². The van der Waals surface area contributed by atoms with Crippen LogP contribution >= 0.6 is 11.3 Å². The summed E-state index contributed by atoms with van der Waals surface area (Å²) in [5.41, 5.74) is 4.19. The van der Waals surface area contributed by atoms with Crippen molar-refractivity contribution in [2.24, 2.45) is 7.05 Å². The van der Waals surface area contributed by atoms with Gasteiger partial charge in [0.15, 0.2) is 0 Å². The molecule has 0 aliphatic rings. The van der Waals surface area contributed by atoms with Crippen molar-refractivity contribution in [3.8, 4) is 10.6 Å². The standard InChI is InChI=1S/C22H23N2O2S/c1-5-24(6-2)15-11-12-16-14(3)20(22(25)26-18(16)13-15)21-23(4)17-9-7-8-10-19(17)27-21/h7-13H,5-6H2,1-4H3/q+1. The Morgan fingerprint density at radius 1 is 1.11 bits per heavy atom. The second-order valence-electron chi connectivity index (χ2n) is 6.68. The summed E-state index contributed by atoms with van der Waals surface area (Å²) in [4.78, 5) is 15.2. The lowest BCUT2D eigenvalue weighted by molar-refractivity contribution is -0.629. The van der Waals surface area contributed by atoms with E-state index in [9.17, 15) is 4.79 Å². The molecule has 0 amide bonds. The fourth-order valence-electron chi connectivity index (χ4n) is 3.70. The Kier molecular flexibility index (Phi) is 4.48. The van der Waals surface area contributed by atoms with E-state index in [-0.39, 0.29) is 5.63 Å². The van der Waals surface area contributed by atoms with E-state index < -0.39 is 0 Å². The van der Waals surface area contributed by atoms with Crippen molar-refractivity contribution in [2.45, 2.75) is 20.8 Å². The molecule has 0 radical (unpaired) electrons. The predicted octanol–water partition coefficient (Wildman–Crippen LogP) is 4.65. The highest BCUT2D eigenvalue weighted by molar-refractivity contribution is 7.21. The fraction of sp³-hybridized carbons (Fsp3) is 0.273. The first-order chi connectivity index (χ1) is 13.0. The molecule has 0 atom stereocenters. The zero-order valence-corrected chi connectivity index (χ0v) is 16.9. The van der Waals surface area contributed by atoms with Crippen LogP contribution in [0.25, 0.3) is 31.8 Å². The number of aryl methyl sites for hydroxylation is 2. The second-order valence-corrected chi connectivity index (χ2v) is 7.71. The molecule has 0 saturated carbocycles. The molecule has 0 aliphatic carbocycles. The van der Waals surface area contributed by atoms with Crippen molar-refractivity contribution < 1.29 is 8.98 Å². The van der Waals surface area contributed by atoms with E-state index in [1.54, 1.807) is 11.3 Å². The Morgan fingerprint density at radius 3 is 2.56 bits per heavy atom. The molecular formula is C22H23N2O2S+. The molecule has 4 rings (SSSR count). The number of nitrogens with zero attached hydrogens (tertiary/aromatic N) is 2. The van der Waals surface area contributed by atoms with Crippen LogP contribution in [0, 0.1) is 6.92 Å². The minimum atomic E-state index is -0.279. The van der Waals surface area contributed by atoms with Gasteiger partial charge in [-0.15, -0.1) is 0 Å². The Bertz CT molecular complexity index is 1200. The van der Waals surface area contributed by atoms with E-state index in [0.717, 1.165) is 45.0 Å². The van der Waals surface area contributed by atoms with Gasteiger partial charge in [-0.25, -0.2) is 4.79 Å². The summed E-state index contributed by atoms with van der Waals surface area (Å²) >= 11 is 1.62. The third kappa shape index (κ3) is 2.82. The average molecular weight is 380 g/mol. The highest BCUT2D eigenvalue weighted by Crippen LogP contribution is 2.32. The van der Waals surface area contributed by atoms with Crippen molar-refractivity contribution in [3.05, 3.63) is 58.4 Å². The van der Waals surface area contributed by atoms with Gasteiger partial charge in [0, 0.05) is 36.3 Å². The Hall–Kier alpha value is -2.66. The van der Waals surface area contributed by atoms with Crippen molar-refractivity contribution in [3.63, 3.8) is 0 Å². The lowest BCUT2D eigenvalue weighted by atomic mass is 10.1.